The van der Waals surface area contributed by atoms with Gasteiger partial charge in [-0.2, -0.15) is 0 Å². The average Bonchev–Trinajstić information content (AvgIpc) is 2.36. The monoisotopic (exact) mass is 290 g/mol. The summed E-state index contributed by atoms with van der Waals surface area (Å²) < 4.78 is 13.9. The Morgan fingerprint density at radius 1 is 1.15 bits per heavy atom. The van der Waals surface area contributed by atoms with E-state index in [9.17, 15) is 9.50 Å². The lowest BCUT2D eigenvalue weighted by atomic mass is 9.79. The molecule has 0 aliphatic heterocycles. The van der Waals surface area contributed by atoms with Gasteiger partial charge in [-0.1, -0.05) is 48.4 Å². The van der Waals surface area contributed by atoms with E-state index in [4.69, 9.17) is 11.6 Å². The van der Waals surface area contributed by atoms with Crippen molar-refractivity contribution in [1.29, 1.82) is 0 Å². The Morgan fingerprint density at radius 3 is 2.60 bits per heavy atom. The van der Waals surface area contributed by atoms with E-state index in [1.165, 1.54) is 30.9 Å². The quantitative estimate of drug-likeness (QED) is 0.858. The van der Waals surface area contributed by atoms with E-state index < -0.39 is 11.9 Å². The van der Waals surface area contributed by atoms with Crippen molar-refractivity contribution in [2.24, 2.45) is 0 Å². The number of aliphatic hydroxyl groups is 1. The molecular weight excluding hydrogens is 275 g/mol. The van der Waals surface area contributed by atoms with Gasteiger partial charge in [0.2, 0.25) is 0 Å². The van der Waals surface area contributed by atoms with Gasteiger partial charge in [-0.25, -0.2) is 4.39 Å². The van der Waals surface area contributed by atoms with Crippen molar-refractivity contribution in [3.8, 4) is 0 Å². The van der Waals surface area contributed by atoms with Gasteiger partial charge in [0.25, 0.3) is 0 Å². The van der Waals surface area contributed by atoms with Crippen LogP contribution in [-0.4, -0.2) is 5.11 Å². The predicted molar refractivity (Wildman–Crippen MR) is 78.5 cm³/mol. The highest BCUT2D eigenvalue weighted by atomic mass is 35.5. The molecule has 0 heterocycles. The molecule has 104 valence electrons. The van der Waals surface area contributed by atoms with E-state index >= 15 is 0 Å². The molecule has 1 aliphatic rings. The Hall–Kier alpha value is -1.38. The van der Waals surface area contributed by atoms with E-state index in [-0.39, 0.29) is 5.56 Å². The topological polar surface area (TPSA) is 20.2 Å². The standard InChI is InChI=1S/C17H16ClFO/c18-14-7-8-15(16(19)10-14)17(20)13-6-2-5-12(9-13)11-3-1-4-11/h2,5-11,17,20H,1,3-4H2. The second-order valence-corrected chi connectivity index (χ2v) is 5.80. The number of aliphatic hydroxyl groups excluding tert-OH is 1. The summed E-state index contributed by atoms with van der Waals surface area (Å²) in [5.74, 6) is 0.122. The van der Waals surface area contributed by atoms with Gasteiger partial charge in [0.05, 0.1) is 0 Å². The SMILES string of the molecule is OC(c1cccc(C2CCC2)c1)c1ccc(Cl)cc1F. The minimum atomic E-state index is -0.952. The first-order chi connectivity index (χ1) is 9.65. The minimum absolute atomic E-state index is 0.264. The molecule has 1 saturated carbocycles. The Bertz CT molecular complexity index is 622. The van der Waals surface area contributed by atoms with E-state index in [0.717, 1.165) is 5.56 Å². The maximum Gasteiger partial charge on any atom is 0.130 e. The van der Waals surface area contributed by atoms with Gasteiger partial charge in [-0.05, 0) is 42.0 Å². The molecular formula is C17H16ClFO. The zero-order chi connectivity index (χ0) is 14.1. The van der Waals surface area contributed by atoms with Crippen molar-refractivity contribution in [3.05, 3.63) is 70.0 Å². The molecule has 0 radical (unpaired) electrons. The van der Waals surface area contributed by atoms with Crippen molar-refractivity contribution in [3.63, 3.8) is 0 Å². The first-order valence-corrected chi connectivity index (χ1v) is 7.26. The van der Waals surface area contributed by atoms with Crippen LogP contribution >= 0.6 is 11.6 Å². The minimum Gasteiger partial charge on any atom is -0.384 e. The van der Waals surface area contributed by atoms with Gasteiger partial charge in [0, 0.05) is 10.6 Å². The summed E-state index contributed by atoms with van der Waals surface area (Å²) in [7, 11) is 0. The van der Waals surface area contributed by atoms with Crippen LogP contribution in [0.15, 0.2) is 42.5 Å². The average molecular weight is 291 g/mol. The molecule has 1 aliphatic carbocycles. The summed E-state index contributed by atoms with van der Waals surface area (Å²) in [5.41, 5.74) is 2.23. The molecule has 2 aromatic carbocycles. The Kier molecular flexibility index (Phi) is 3.77. The van der Waals surface area contributed by atoms with Gasteiger partial charge in [0.15, 0.2) is 0 Å². The number of hydrogen-bond donors (Lipinski definition) is 1. The van der Waals surface area contributed by atoms with Crippen LogP contribution in [0.25, 0.3) is 0 Å². The summed E-state index contributed by atoms with van der Waals surface area (Å²) in [4.78, 5) is 0. The molecule has 0 spiro atoms. The third kappa shape index (κ3) is 2.58. The lowest BCUT2D eigenvalue weighted by Crippen LogP contribution is -2.10. The molecule has 1 N–H and O–H groups in total. The van der Waals surface area contributed by atoms with Crippen molar-refractivity contribution in [2.75, 3.05) is 0 Å². The highest BCUT2D eigenvalue weighted by molar-refractivity contribution is 6.30. The fraction of sp³-hybridized carbons (Fsp3) is 0.294. The molecule has 1 nitrogen and oxygen atoms in total. The fourth-order valence-corrected chi connectivity index (χ4v) is 2.79. The van der Waals surface area contributed by atoms with E-state index in [0.29, 0.717) is 10.9 Å². The summed E-state index contributed by atoms with van der Waals surface area (Å²) in [6.45, 7) is 0. The lowest BCUT2D eigenvalue weighted by Gasteiger charge is -2.26. The zero-order valence-electron chi connectivity index (χ0n) is 11.0. The molecule has 0 amide bonds. The third-order valence-electron chi connectivity index (χ3n) is 4.06. The van der Waals surface area contributed by atoms with Crippen LogP contribution in [0.4, 0.5) is 4.39 Å². The van der Waals surface area contributed by atoms with Crippen LogP contribution < -0.4 is 0 Å². The van der Waals surface area contributed by atoms with Gasteiger partial charge < -0.3 is 5.11 Å². The van der Waals surface area contributed by atoms with Gasteiger partial charge in [-0.15, -0.1) is 0 Å². The number of hydrogen-bond acceptors (Lipinski definition) is 1. The predicted octanol–water partition coefficient (Wildman–Crippen LogP) is 4.83. The molecule has 1 unspecified atom stereocenters. The highest BCUT2D eigenvalue weighted by Gasteiger charge is 2.21. The summed E-state index contributed by atoms with van der Waals surface area (Å²) in [5, 5.41) is 10.7. The van der Waals surface area contributed by atoms with Crippen LogP contribution in [0.1, 0.15) is 48.0 Å². The van der Waals surface area contributed by atoms with Gasteiger partial charge in [-0.3, -0.25) is 0 Å². The van der Waals surface area contributed by atoms with Crippen molar-refractivity contribution in [2.45, 2.75) is 31.3 Å². The second kappa shape index (κ2) is 5.55. The maximum absolute atomic E-state index is 13.9. The maximum atomic E-state index is 13.9. The fourth-order valence-electron chi connectivity index (χ4n) is 2.63. The van der Waals surface area contributed by atoms with Gasteiger partial charge >= 0.3 is 0 Å². The number of halogens is 2. The molecule has 1 atom stereocenters. The Balaban J connectivity index is 1.91. The summed E-state index contributed by atoms with van der Waals surface area (Å²) >= 11 is 5.74. The molecule has 3 heteroatoms. The van der Waals surface area contributed by atoms with Crippen LogP contribution in [0, 0.1) is 5.82 Å². The number of rotatable bonds is 3. The lowest BCUT2D eigenvalue weighted by molar-refractivity contribution is 0.214. The summed E-state index contributed by atoms with van der Waals surface area (Å²) in [6, 6.07) is 12.2. The second-order valence-electron chi connectivity index (χ2n) is 5.37. The molecule has 0 aromatic heterocycles. The summed E-state index contributed by atoms with van der Waals surface area (Å²) in [6.07, 6.45) is 2.72. The molecule has 3 rings (SSSR count). The molecule has 0 saturated heterocycles. The normalized spacial score (nSPS) is 16.8. The van der Waals surface area contributed by atoms with Crippen LogP contribution in [0.3, 0.4) is 0 Å². The first-order valence-electron chi connectivity index (χ1n) is 6.88. The van der Waals surface area contributed by atoms with E-state index in [1.54, 1.807) is 12.1 Å². The van der Waals surface area contributed by atoms with Crippen LogP contribution in [0.2, 0.25) is 5.02 Å². The van der Waals surface area contributed by atoms with Gasteiger partial charge in [0.1, 0.15) is 11.9 Å². The van der Waals surface area contributed by atoms with Crippen molar-refractivity contribution < 1.29 is 9.50 Å². The van der Waals surface area contributed by atoms with E-state index in [1.807, 2.05) is 18.2 Å². The molecule has 20 heavy (non-hydrogen) atoms. The van der Waals surface area contributed by atoms with E-state index in [2.05, 4.69) is 6.07 Å². The van der Waals surface area contributed by atoms with Crippen LogP contribution in [-0.2, 0) is 0 Å². The molecule has 2 aromatic rings. The smallest absolute Gasteiger partial charge is 0.130 e. The highest BCUT2D eigenvalue weighted by Crippen LogP contribution is 2.37. The number of benzene rings is 2. The zero-order valence-corrected chi connectivity index (χ0v) is 11.8. The van der Waals surface area contributed by atoms with Crippen LogP contribution in [0.5, 0.6) is 0 Å². The Labute approximate surface area is 123 Å². The van der Waals surface area contributed by atoms with Crippen molar-refractivity contribution in [1.82, 2.24) is 0 Å². The third-order valence-corrected chi connectivity index (χ3v) is 4.30. The van der Waals surface area contributed by atoms with Crippen molar-refractivity contribution >= 4 is 11.6 Å². The Morgan fingerprint density at radius 2 is 1.95 bits per heavy atom. The molecule has 1 fully saturated rings. The molecule has 0 bridgehead atoms. The first kappa shape index (κ1) is 13.6. The largest absolute Gasteiger partial charge is 0.384 e.